The highest BCUT2D eigenvalue weighted by Crippen LogP contribution is 2.26. The van der Waals surface area contributed by atoms with E-state index in [4.69, 9.17) is 4.74 Å². The SMILES string of the molecule is COc1ccccc1[C@H](C)NCC(=O)N(C)C1CC1. The lowest BCUT2D eigenvalue weighted by Gasteiger charge is -2.20. The zero-order valence-corrected chi connectivity index (χ0v) is 11.8. The molecule has 1 aromatic rings. The maximum atomic E-state index is 11.9. The highest BCUT2D eigenvalue weighted by Gasteiger charge is 2.29. The summed E-state index contributed by atoms with van der Waals surface area (Å²) in [6.07, 6.45) is 2.29. The molecule has 1 N–H and O–H groups in total. The minimum atomic E-state index is 0.0905. The minimum absolute atomic E-state index is 0.0905. The summed E-state index contributed by atoms with van der Waals surface area (Å²) < 4.78 is 5.33. The Morgan fingerprint density at radius 1 is 1.47 bits per heavy atom. The van der Waals surface area contributed by atoms with Gasteiger partial charge in [0, 0.05) is 24.7 Å². The number of carbonyl (C=O) groups excluding carboxylic acids is 1. The van der Waals surface area contributed by atoms with Gasteiger partial charge in [-0.2, -0.15) is 0 Å². The first-order valence-corrected chi connectivity index (χ1v) is 6.75. The van der Waals surface area contributed by atoms with Gasteiger partial charge in [-0.1, -0.05) is 18.2 Å². The van der Waals surface area contributed by atoms with Crippen LogP contribution >= 0.6 is 0 Å². The van der Waals surface area contributed by atoms with E-state index in [0.717, 1.165) is 24.2 Å². The first kappa shape index (κ1) is 13.9. The smallest absolute Gasteiger partial charge is 0.236 e. The maximum Gasteiger partial charge on any atom is 0.236 e. The van der Waals surface area contributed by atoms with Gasteiger partial charge in [-0.05, 0) is 25.8 Å². The van der Waals surface area contributed by atoms with Crippen LogP contribution in [0.1, 0.15) is 31.4 Å². The Kier molecular flexibility index (Phi) is 4.43. The van der Waals surface area contributed by atoms with Gasteiger partial charge < -0.3 is 15.0 Å². The number of hydrogen-bond donors (Lipinski definition) is 1. The van der Waals surface area contributed by atoms with E-state index >= 15 is 0 Å². The lowest BCUT2D eigenvalue weighted by atomic mass is 10.1. The number of methoxy groups -OCH3 is 1. The molecule has 0 heterocycles. The summed E-state index contributed by atoms with van der Waals surface area (Å²) in [6, 6.07) is 8.44. The summed E-state index contributed by atoms with van der Waals surface area (Å²) in [7, 11) is 3.55. The summed E-state index contributed by atoms with van der Waals surface area (Å²) in [5.74, 6) is 1.01. The minimum Gasteiger partial charge on any atom is -0.496 e. The summed E-state index contributed by atoms with van der Waals surface area (Å²) in [5, 5.41) is 3.27. The molecule has 1 atom stereocenters. The normalized spacial score (nSPS) is 15.9. The molecular formula is C15H22N2O2. The van der Waals surface area contributed by atoms with Crippen molar-refractivity contribution in [3.05, 3.63) is 29.8 Å². The first-order valence-electron chi connectivity index (χ1n) is 6.75. The van der Waals surface area contributed by atoms with Crippen LogP contribution in [0.5, 0.6) is 5.75 Å². The highest BCUT2D eigenvalue weighted by molar-refractivity contribution is 5.78. The van der Waals surface area contributed by atoms with Crippen molar-refractivity contribution in [3.8, 4) is 5.75 Å². The number of carbonyl (C=O) groups is 1. The Labute approximate surface area is 114 Å². The second kappa shape index (κ2) is 6.06. The number of rotatable bonds is 6. The maximum absolute atomic E-state index is 11.9. The van der Waals surface area contributed by atoms with E-state index in [0.29, 0.717) is 12.6 Å². The summed E-state index contributed by atoms with van der Waals surface area (Å²) >= 11 is 0. The number of nitrogens with one attached hydrogen (secondary N) is 1. The monoisotopic (exact) mass is 262 g/mol. The predicted molar refractivity (Wildman–Crippen MR) is 75.2 cm³/mol. The number of hydrogen-bond acceptors (Lipinski definition) is 3. The predicted octanol–water partition coefficient (Wildman–Crippen LogP) is 1.97. The molecule has 104 valence electrons. The summed E-state index contributed by atoms with van der Waals surface area (Å²) in [5.41, 5.74) is 1.08. The molecule has 1 aliphatic carbocycles. The van der Waals surface area contributed by atoms with Gasteiger partial charge >= 0.3 is 0 Å². The average molecular weight is 262 g/mol. The van der Waals surface area contributed by atoms with Crippen molar-refractivity contribution >= 4 is 5.91 Å². The quantitative estimate of drug-likeness (QED) is 0.852. The number of para-hydroxylation sites is 1. The van der Waals surface area contributed by atoms with Crippen LogP contribution in [0.2, 0.25) is 0 Å². The second-order valence-electron chi connectivity index (χ2n) is 5.08. The standard InChI is InChI=1S/C15H22N2O2/c1-11(13-6-4-5-7-14(13)19-3)16-10-15(18)17(2)12-8-9-12/h4-7,11-12,16H,8-10H2,1-3H3/t11-/m0/s1. The fourth-order valence-electron chi connectivity index (χ4n) is 2.16. The second-order valence-corrected chi connectivity index (χ2v) is 5.08. The van der Waals surface area contributed by atoms with Gasteiger partial charge in [-0.25, -0.2) is 0 Å². The first-order chi connectivity index (χ1) is 9.13. The largest absolute Gasteiger partial charge is 0.496 e. The van der Waals surface area contributed by atoms with Crippen molar-refractivity contribution < 1.29 is 9.53 Å². The Bertz CT molecular complexity index is 444. The van der Waals surface area contributed by atoms with Gasteiger partial charge in [0.15, 0.2) is 0 Å². The molecule has 0 bridgehead atoms. The topological polar surface area (TPSA) is 41.6 Å². The zero-order valence-electron chi connectivity index (χ0n) is 11.8. The number of likely N-dealkylation sites (N-methyl/N-ethyl adjacent to an activating group) is 1. The Hall–Kier alpha value is -1.55. The van der Waals surface area contributed by atoms with Gasteiger partial charge in [-0.15, -0.1) is 0 Å². The van der Waals surface area contributed by atoms with Gasteiger partial charge in [0.1, 0.15) is 5.75 Å². The molecule has 0 spiro atoms. The molecule has 2 rings (SSSR count). The number of nitrogens with zero attached hydrogens (tertiary/aromatic N) is 1. The van der Waals surface area contributed by atoms with Crippen LogP contribution in [-0.4, -0.2) is 37.6 Å². The fraction of sp³-hybridized carbons (Fsp3) is 0.533. The molecule has 4 heteroatoms. The van der Waals surface area contributed by atoms with Crippen molar-refractivity contribution in [2.24, 2.45) is 0 Å². The van der Waals surface area contributed by atoms with Crippen molar-refractivity contribution in [2.45, 2.75) is 31.8 Å². The average Bonchev–Trinajstić information content (AvgIpc) is 3.28. The number of benzene rings is 1. The molecule has 0 saturated heterocycles. The van der Waals surface area contributed by atoms with Crippen LogP contribution in [0, 0.1) is 0 Å². The number of ether oxygens (including phenoxy) is 1. The van der Waals surface area contributed by atoms with Crippen molar-refractivity contribution in [2.75, 3.05) is 20.7 Å². The summed E-state index contributed by atoms with van der Waals surface area (Å²) in [4.78, 5) is 13.8. The molecular weight excluding hydrogens is 240 g/mol. The number of amides is 1. The lowest BCUT2D eigenvalue weighted by Crippen LogP contribution is -2.37. The van der Waals surface area contributed by atoms with E-state index in [2.05, 4.69) is 5.32 Å². The van der Waals surface area contributed by atoms with E-state index in [1.807, 2.05) is 43.1 Å². The van der Waals surface area contributed by atoms with Crippen LogP contribution in [0.25, 0.3) is 0 Å². The van der Waals surface area contributed by atoms with Crippen LogP contribution in [-0.2, 0) is 4.79 Å². The molecule has 1 aromatic carbocycles. The van der Waals surface area contributed by atoms with E-state index in [-0.39, 0.29) is 11.9 Å². The third kappa shape index (κ3) is 3.47. The third-order valence-electron chi connectivity index (χ3n) is 3.65. The molecule has 1 amide bonds. The molecule has 0 aromatic heterocycles. The molecule has 4 nitrogen and oxygen atoms in total. The van der Waals surface area contributed by atoms with Crippen LogP contribution in [0.4, 0.5) is 0 Å². The molecule has 1 fully saturated rings. The summed E-state index contributed by atoms with van der Waals surface area (Å²) in [6.45, 7) is 2.41. The fourth-order valence-corrected chi connectivity index (χ4v) is 2.16. The molecule has 1 aliphatic rings. The van der Waals surface area contributed by atoms with E-state index in [1.54, 1.807) is 7.11 Å². The highest BCUT2D eigenvalue weighted by atomic mass is 16.5. The van der Waals surface area contributed by atoms with Crippen molar-refractivity contribution in [3.63, 3.8) is 0 Å². The van der Waals surface area contributed by atoms with E-state index in [9.17, 15) is 4.79 Å². The van der Waals surface area contributed by atoms with Crippen LogP contribution in [0.3, 0.4) is 0 Å². The third-order valence-corrected chi connectivity index (χ3v) is 3.65. The van der Waals surface area contributed by atoms with Crippen LogP contribution in [0.15, 0.2) is 24.3 Å². The van der Waals surface area contributed by atoms with Gasteiger partial charge in [0.2, 0.25) is 5.91 Å². The lowest BCUT2D eigenvalue weighted by molar-refractivity contribution is -0.129. The van der Waals surface area contributed by atoms with Gasteiger partial charge in [-0.3, -0.25) is 4.79 Å². The Morgan fingerprint density at radius 3 is 2.79 bits per heavy atom. The van der Waals surface area contributed by atoms with Crippen LogP contribution < -0.4 is 10.1 Å². The van der Waals surface area contributed by atoms with E-state index < -0.39 is 0 Å². The van der Waals surface area contributed by atoms with E-state index in [1.165, 1.54) is 0 Å². The molecule has 0 unspecified atom stereocenters. The Morgan fingerprint density at radius 2 is 2.16 bits per heavy atom. The molecule has 1 saturated carbocycles. The zero-order chi connectivity index (χ0) is 13.8. The van der Waals surface area contributed by atoms with Crippen molar-refractivity contribution in [1.29, 1.82) is 0 Å². The van der Waals surface area contributed by atoms with Gasteiger partial charge in [0.05, 0.1) is 13.7 Å². The molecule has 19 heavy (non-hydrogen) atoms. The van der Waals surface area contributed by atoms with Crippen molar-refractivity contribution in [1.82, 2.24) is 10.2 Å². The molecule has 0 radical (unpaired) electrons. The molecule has 0 aliphatic heterocycles. The van der Waals surface area contributed by atoms with Gasteiger partial charge in [0.25, 0.3) is 0 Å². The Balaban J connectivity index is 1.89.